The lowest BCUT2D eigenvalue weighted by atomic mass is 10.1. The Morgan fingerprint density at radius 2 is 1.29 bits per heavy atom. The summed E-state index contributed by atoms with van der Waals surface area (Å²) in [6.07, 6.45) is 1.56. The number of rotatable bonds is 15. The third kappa shape index (κ3) is 7.46. The minimum absolute atomic E-state index is 0.0152. The van der Waals surface area contributed by atoms with Crippen LogP contribution in [0.3, 0.4) is 0 Å². The first-order chi connectivity index (χ1) is 11.4. The zero-order valence-corrected chi connectivity index (χ0v) is 19.6. The predicted octanol–water partition coefficient (Wildman–Crippen LogP) is 5.78. The van der Waals surface area contributed by atoms with Crippen LogP contribution in [0.4, 0.5) is 0 Å². The second-order valence-electron chi connectivity index (χ2n) is 6.83. The molecule has 146 valence electrons. The van der Waals surface area contributed by atoms with Gasteiger partial charge in [-0.05, 0) is 49.1 Å². The summed E-state index contributed by atoms with van der Waals surface area (Å²) in [5.74, 6) is 0. The summed E-state index contributed by atoms with van der Waals surface area (Å²) in [7, 11) is -3.23. The number of alkyl halides is 1. The topological polar surface area (TPSA) is 38.7 Å². The molecule has 0 rings (SSSR count). The van der Waals surface area contributed by atoms with Crippen LogP contribution in [0.25, 0.3) is 0 Å². The number of aliphatic hydroxyl groups is 1. The summed E-state index contributed by atoms with van der Waals surface area (Å²) in [5, 5.41) is 9.61. The highest BCUT2D eigenvalue weighted by Crippen LogP contribution is 2.27. The first-order valence-electron chi connectivity index (χ1n) is 9.98. The molecule has 0 saturated carbocycles. The lowest BCUT2D eigenvalue weighted by Gasteiger charge is -2.34. The van der Waals surface area contributed by atoms with Crippen LogP contribution in [0.15, 0.2) is 0 Å². The van der Waals surface area contributed by atoms with Gasteiger partial charge in [0.05, 0.1) is 18.1 Å². The lowest BCUT2D eigenvalue weighted by Crippen LogP contribution is -2.44. The van der Waals surface area contributed by atoms with Crippen molar-refractivity contribution >= 4 is 28.2 Å². The maximum atomic E-state index is 9.73. The van der Waals surface area contributed by atoms with Crippen molar-refractivity contribution in [1.82, 2.24) is 0 Å². The van der Waals surface area contributed by atoms with Gasteiger partial charge in [-0.1, -0.05) is 41.5 Å². The predicted molar refractivity (Wildman–Crippen MR) is 111 cm³/mol. The summed E-state index contributed by atoms with van der Waals surface area (Å²) < 4.78 is 12.7. The molecule has 0 spiro atoms. The fraction of sp³-hybridized carbons (Fsp3) is 1.00. The van der Waals surface area contributed by atoms with E-state index in [1.165, 1.54) is 18.1 Å². The van der Waals surface area contributed by atoms with E-state index in [2.05, 4.69) is 41.5 Å². The average Bonchev–Trinajstić information content (AvgIpc) is 2.64. The van der Waals surface area contributed by atoms with E-state index in [0.717, 1.165) is 37.6 Å². The zero-order chi connectivity index (χ0) is 18.6. The molecule has 0 saturated heterocycles. The molecule has 0 aromatic rings. The fourth-order valence-corrected chi connectivity index (χ4v) is 9.30. The van der Waals surface area contributed by atoms with Gasteiger partial charge >= 0.3 is 0 Å². The van der Waals surface area contributed by atoms with Gasteiger partial charge in [0.15, 0.2) is 16.6 Å². The van der Waals surface area contributed by atoms with Crippen LogP contribution in [0, 0.1) is 0 Å². The first kappa shape index (κ1) is 24.6. The van der Waals surface area contributed by atoms with Gasteiger partial charge in [0, 0.05) is 6.61 Å². The Balaban J connectivity index is 4.44. The molecule has 0 aromatic carbocycles. The van der Waals surface area contributed by atoms with Crippen LogP contribution in [-0.2, 0) is 8.85 Å². The molecule has 6 heteroatoms. The van der Waals surface area contributed by atoms with Crippen molar-refractivity contribution in [3.63, 3.8) is 0 Å². The van der Waals surface area contributed by atoms with Crippen LogP contribution < -0.4 is 0 Å². The standard InChI is InChI=1S/C18H41ClO3Si2/c1-7-23(8-2,9-3)21-15-13-14-17(19)18(16-20)22-24(10-4,11-5)12-6/h17-18,20H,7-16H2,1-6H3/t17-,18-/m1/s1. The maximum absolute atomic E-state index is 9.73. The van der Waals surface area contributed by atoms with Gasteiger partial charge in [0.2, 0.25) is 0 Å². The molecule has 0 aromatic heterocycles. The van der Waals surface area contributed by atoms with E-state index in [0.29, 0.717) is 0 Å². The Morgan fingerprint density at radius 3 is 1.67 bits per heavy atom. The maximum Gasteiger partial charge on any atom is 0.192 e. The third-order valence-electron chi connectivity index (χ3n) is 5.88. The Labute approximate surface area is 157 Å². The second kappa shape index (κ2) is 12.9. The van der Waals surface area contributed by atoms with Crippen LogP contribution in [0.5, 0.6) is 0 Å². The summed E-state index contributed by atoms with van der Waals surface area (Å²) >= 11 is 6.57. The van der Waals surface area contributed by atoms with Gasteiger partial charge in [-0.2, -0.15) is 0 Å². The molecule has 0 aliphatic carbocycles. The van der Waals surface area contributed by atoms with Crippen molar-refractivity contribution in [3.05, 3.63) is 0 Å². The molecule has 0 heterocycles. The van der Waals surface area contributed by atoms with E-state index in [1.54, 1.807) is 0 Å². The number of hydrogen-bond donors (Lipinski definition) is 1. The largest absolute Gasteiger partial charge is 0.417 e. The molecule has 0 unspecified atom stereocenters. The highest BCUT2D eigenvalue weighted by Gasteiger charge is 2.34. The Morgan fingerprint density at radius 1 is 0.833 bits per heavy atom. The van der Waals surface area contributed by atoms with Crippen molar-refractivity contribution in [2.45, 2.75) is 102 Å². The molecule has 24 heavy (non-hydrogen) atoms. The first-order valence-corrected chi connectivity index (χ1v) is 15.5. The molecule has 1 N–H and O–H groups in total. The molecule has 0 fully saturated rings. The number of hydrogen-bond acceptors (Lipinski definition) is 3. The molecular formula is C18H41ClO3Si2. The quantitative estimate of drug-likeness (QED) is 0.216. The van der Waals surface area contributed by atoms with Crippen molar-refractivity contribution in [1.29, 1.82) is 0 Å². The summed E-state index contributed by atoms with van der Waals surface area (Å²) in [4.78, 5) is 0. The molecule has 0 radical (unpaired) electrons. The van der Waals surface area contributed by atoms with Crippen molar-refractivity contribution < 1.29 is 14.0 Å². The summed E-state index contributed by atoms with van der Waals surface area (Å²) in [6, 6.07) is 6.81. The Kier molecular flexibility index (Phi) is 13.2. The SMILES string of the molecule is CC[Si](CC)(CC)OCCC[C@@H](Cl)[C@@H](CO)O[Si](CC)(CC)CC. The van der Waals surface area contributed by atoms with Gasteiger partial charge in [0.1, 0.15) is 0 Å². The van der Waals surface area contributed by atoms with Crippen LogP contribution in [0.1, 0.15) is 54.4 Å². The Hall–Kier alpha value is 0.604. The third-order valence-corrected chi connectivity index (χ3v) is 15.7. The molecule has 2 atom stereocenters. The molecule has 0 aliphatic rings. The van der Waals surface area contributed by atoms with Crippen molar-refractivity contribution in [2.75, 3.05) is 13.2 Å². The second-order valence-corrected chi connectivity index (χ2v) is 16.9. The minimum atomic E-state index is -1.73. The van der Waals surface area contributed by atoms with Crippen molar-refractivity contribution in [2.24, 2.45) is 0 Å². The van der Waals surface area contributed by atoms with E-state index < -0.39 is 16.6 Å². The minimum Gasteiger partial charge on any atom is -0.417 e. The molecule has 0 amide bonds. The van der Waals surface area contributed by atoms with Crippen LogP contribution in [-0.4, -0.2) is 46.4 Å². The summed E-state index contributed by atoms with van der Waals surface area (Å²) in [5.41, 5.74) is 0. The molecule has 0 aliphatic heterocycles. The van der Waals surface area contributed by atoms with Gasteiger partial charge in [-0.25, -0.2) is 0 Å². The van der Waals surface area contributed by atoms with Gasteiger partial charge in [0.25, 0.3) is 0 Å². The van der Waals surface area contributed by atoms with E-state index in [9.17, 15) is 5.11 Å². The zero-order valence-electron chi connectivity index (χ0n) is 16.9. The van der Waals surface area contributed by atoms with Crippen molar-refractivity contribution in [3.8, 4) is 0 Å². The fourth-order valence-electron chi connectivity index (χ4n) is 3.36. The highest BCUT2D eigenvalue weighted by molar-refractivity contribution is 6.74. The van der Waals surface area contributed by atoms with E-state index >= 15 is 0 Å². The van der Waals surface area contributed by atoms with Gasteiger partial charge in [-0.15, -0.1) is 11.6 Å². The monoisotopic (exact) mass is 396 g/mol. The number of aliphatic hydroxyl groups excluding tert-OH is 1. The van der Waals surface area contributed by atoms with E-state index in [4.69, 9.17) is 20.5 Å². The summed E-state index contributed by atoms with van der Waals surface area (Å²) in [6.45, 7) is 14.2. The molecule has 0 bridgehead atoms. The Bertz CT molecular complexity index is 294. The highest BCUT2D eigenvalue weighted by atomic mass is 35.5. The van der Waals surface area contributed by atoms with Gasteiger partial charge in [-0.3, -0.25) is 0 Å². The normalized spacial score (nSPS) is 15.5. The molecule has 3 nitrogen and oxygen atoms in total. The smallest absolute Gasteiger partial charge is 0.192 e. The molecular weight excluding hydrogens is 356 g/mol. The van der Waals surface area contributed by atoms with E-state index in [1.807, 2.05) is 0 Å². The lowest BCUT2D eigenvalue weighted by molar-refractivity contribution is 0.0982. The average molecular weight is 397 g/mol. The van der Waals surface area contributed by atoms with E-state index in [-0.39, 0.29) is 18.1 Å². The van der Waals surface area contributed by atoms with Crippen LogP contribution in [0.2, 0.25) is 36.3 Å². The van der Waals surface area contributed by atoms with Gasteiger partial charge < -0.3 is 14.0 Å². The van der Waals surface area contributed by atoms with Crippen LogP contribution >= 0.6 is 11.6 Å². The number of halogens is 1.